The summed E-state index contributed by atoms with van der Waals surface area (Å²) in [5.41, 5.74) is 1.35. The lowest BCUT2D eigenvalue weighted by molar-refractivity contribution is 0.153. The Morgan fingerprint density at radius 3 is 2.39 bits per heavy atom. The van der Waals surface area contributed by atoms with Gasteiger partial charge in [0.2, 0.25) is 8.32 Å². The van der Waals surface area contributed by atoms with E-state index in [2.05, 4.69) is 64.2 Å². The van der Waals surface area contributed by atoms with Crippen LogP contribution < -0.4 is 0 Å². The van der Waals surface area contributed by atoms with Crippen molar-refractivity contribution in [3.8, 4) is 0 Å². The van der Waals surface area contributed by atoms with Crippen LogP contribution >= 0.6 is 0 Å². The van der Waals surface area contributed by atoms with Gasteiger partial charge in [-0.15, -0.1) is 0 Å². The minimum Gasteiger partial charge on any atom is -0.549 e. The highest BCUT2D eigenvalue weighted by molar-refractivity contribution is 6.74. The van der Waals surface area contributed by atoms with E-state index in [1.54, 1.807) is 0 Å². The van der Waals surface area contributed by atoms with Crippen molar-refractivity contribution < 1.29 is 9.53 Å². The zero-order chi connectivity index (χ0) is 17.3. The van der Waals surface area contributed by atoms with E-state index in [4.69, 9.17) is 4.43 Å². The summed E-state index contributed by atoms with van der Waals surface area (Å²) in [4.78, 5) is 0. The largest absolute Gasteiger partial charge is 0.549 e. The third kappa shape index (κ3) is 7.84. The normalized spacial score (nSPS) is 14.2. The van der Waals surface area contributed by atoms with Crippen LogP contribution in [0.1, 0.15) is 52.0 Å². The molecule has 0 aliphatic rings. The number of allylic oxidation sites excluding steroid dienone is 1. The molecule has 1 aromatic rings. The van der Waals surface area contributed by atoms with Gasteiger partial charge in [-0.2, -0.15) is 0 Å². The van der Waals surface area contributed by atoms with Crippen LogP contribution in [0.25, 0.3) is 0 Å². The molecule has 3 heteroatoms. The Bertz CT molecular complexity index is 460. The maximum atomic E-state index is 10.0. The van der Waals surface area contributed by atoms with E-state index in [9.17, 15) is 5.11 Å². The van der Waals surface area contributed by atoms with Gasteiger partial charge in [-0.05, 0) is 55.8 Å². The van der Waals surface area contributed by atoms with E-state index >= 15 is 0 Å². The molecule has 0 fully saturated rings. The first-order valence-electron chi connectivity index (χ1n) is 8.77. The van der Waals surface area contributed by atoms with Gasteiger partial charge < -0.3 is 9.53 Å². The van der Waals surface area contributed by atoms with Crippen LogP contribution in [0.2, 0.25) is 18.1 Å². The highest BCUT2D eigenvalue weighted by atomic mass is 28.4. The third-order valence-electron chi connectivity index (χ3n) is 4.78. The summed E-state index contributed by atoms with van der Waals surface area (Å²) >= 11 is 0. The van der Waals surface area contributed by atoms with Gasteiger partial charge in [0.15, 0.2) is 0 Å². The first kappa shape index (κ1) is 20.0. The van der Waals surface area contributed by atoms with Gasteiger partial charge in [-0.1, -0.05) is 57.2 Å². The Kier molecular flexibility index (Phi) is 8.07. The molecular weight excluding hydrogens is 300 g/mol. The summed E-state index contributed by atoms with van der Waals surface area (Å²) in [6, 6.07) is 10.5. The topological polar surface area (TPSA) is 29.5 Å². The van der Waals surface area contributed by atoms with E-state index in [-0.39, 0.29) is 11.1 Å². The van der Waals surface area contributed by atoms with Crippen LogP contribution in [0.3, 0.4) is 0 Å². The van der Waals surface area contributed by atoms with Crippen LogP contribution in [0.4, 0.5) is 0 Å². The second-order valence-corrected chi connectivity index (χ2v) is 12.6. The number of benzene rings is 1. The molecule has 0 saturated heterocycles. The van der Waals surface area contributed by atoms with Crippen molar-refractivity contribution in [3.63, 3.8) is 0 Å². The quantitative estimate of drug-likeness (QED) is 0.464. The Morgan fingerprint density at radius 1 is 1.13 bits per heavy atom. The standard InChI is InChI=1S/C20H34O2Si/c1-20(2,3)23(4,5)22-17-10-9-15-19(21)16-11-14-18-12-7-6-8-13-18/h6-8,10,12-13,17,19,21H,9,11,14-16H2,1-5H3/b17-10+. The monoisotopic (exact) mass is 334 g/mol. The smallest absolute Gasteiger partial charge is 0.249 e. The van der Waals surface area contributed by atoms with Gasteiger partial charge >= 0.3 is 0 Å². The number of hydrogen-bond donors (Lipinski definition) is 1. The lowest BCUT2D eigenvalue weighted by atomic mass is 10.0. The molecule has 0 heterocycles. The van der Waals surface area contributed by atoms with Crippen molar-refractivity contribution in [1.29, 1.82) is 0 Å². The molecule has 0 aliphatic heterocycles. The van der Waals surface area contributed by atoms with Crippen molar-refractivity contribution in [3.05, 3.63) is 48.2 Å². The molecule has 2 nitrogen and oxygen atoms in total. The second kappa shape index (κ2) is 9.29. The molecule has 0 amide bonds. The first-order chi connectivity index (χ1) is 10.7. The minimum absolute atomic E-state index is 0.212. The molecule has 0 aliphatic carbocycles. The van der Waals surface area contributed by atoms with Gasteiger partial charge in [0.1, 0.15) is 0 Å². The number of aryl methyl sites for hydroxylation is 1. The molecule has 0 radical (unpaired) electrons. The predicted octanol–water partition coefficient (Wildman–Crippen LogP) is 5.69. The van der Waals surface area contributed by atoms with Crippen LogP contribution in [0.5, 0.6) is 0 Å². The molecular formula is C20H34O2Si. The second-order valence-electron chi connectivity index (χ2n) is 7.86. The predicted molar refractivity (Wildman–Crippen MR) is 102 cm³/mol. The fourth-order valence-corrected chi connectivity index (χ4v) is 2.87. The van der Waals surface area contributed by atoms with Gasteiger partial charge in [0.05, 0.1) is 12.4 Å². The van der Waals surface area contributed by atoms with Crippen molar-refractivity contribution >= 4 is 8.32 Å². The summed E-state index contributed by atoms with van der Waals surface area (Å²) in [5.74, 6) is 0. The molecule has 0 saturated carbocycles. The maximum Gasteiger partial charge on any atom is 0.249 e. The fraction of sp³-hybridized carbons (Fsp3) is 0.600. The van der Waals surface area contributed by atoms with E-state index in [0.29, 0.717) is 0 Å². The Labute approximate surface area is 143 Å². The van der Waals surface area contributed by atoms with E-state index in [1.807, 2.05) is 12.3 Å². The molecule has 23 heavy (non-hydrogen) atoms. The summed E-state index contributed by atoms with van der Waals surface area (Å²) in [7, 11) is -1.69. The SMILES string of the molecule is CC(C)(C)[Si](C)(C)O/C=C/CCC(O)CCCc1ccccc1. The molecule has 0 spiro atoms. The maximum absolute atomic E-state index is 10.0. The Morgan fingerprint density at radius 2 is 1.78 bits per heavy atom. The molecule has 0 bridgehead atoms. The molecule has 1 N–H and O–H groups in total. The minimum atomic E-state index is -1.69. The Balaban J connectivity index is 2.16. The highest BCUT2D eigenvalue weighted by Gasteiger charge is 2.37. The molecule has 130 valence electrons. The van der Waals surface area contributed by atoms with Gasteiger partial charge in [0.25, 0.3) is 0 Å². The average Bonchev–Trinajstić information content (AvgIpc) is 2.46. The van der Waals surface area contributed by atoms with Crippen molar-refractivity contribution in [1.82, 2.24) is 0 Å². The number of aliphatic hydroxyl groups excluding tert-OH is 1. The van der Waals surface area contributed by atoms with Gasteiger partial charge in [-0.3, -0.25) is 0 Å². The third-order valence-corrected chi connectivity index (χ3v) is 9.11. The highest BCUT2D eigenvalue weighted by Crippen LogP contribution is 2.36. The van der Waals surface area contributed by atoms with Crippen LogP contribution in [-0.4, -0.2) is 19.5 Å². The number of rotatable bonds is 9. The molecule has 1 aromatic carbocycles. The fourth-order valence-electron chi connectivity index (χ4n) is 2.08. The molecule has 1 atom stereocenters. The zero-order valence-electron chi connectivity index (χ0n) is 15.5. The number of aliphatic hydroxyl groups is 1. The average molecular weight is 335 g/mol. The summed E-state index contributed by atoms with van der Waals surface area (Å²) in [6.45, 7) is 11.2. The Hall–Kier alpha value is -1.06. The molecule has 0 aromatic heterocycles. The van der Waals surface area contributed by atoms with Crippen LogP contribution in [-0.2, 0) is 10.8 Å². The summed E-state index contributed by atoms with van der Waals surface area (Å²) in [5, 5.41) is 10.3. The van der Waals surface area contributed by atoms with Gasteiger partial charge in [-0.25, -0.2) is 0 Å². The van der Waals surface area contributed by atoms with Crippen molar-refractivity contribution in [2.24, 2.45) is 0 Å². The van der Waals surface area contributed by atoms with E-state index < -0.39 is 8.32 Å². The number of hydrogen-bond acceptors (Lipinski definition) is 2. The van der Waals surface area contributed by atoms with Crippen molar-refractivity contribution in [2.45, 2.75) is 77.1 Å². The van der Waals surface area contributed by atoms with Crippen molar-refractivity contribution in [2.75, 3.05) is 0 Å². The van der Waals surface area contributed by atoms with E-state index in [0.717, 1.165) is 32.1 Å². The van der Waals surface area contributed by atoms with Crippen LogP contribution in [0.15, 0.2) is 42.7 Å². The van der Waals surface area contributed by atoms with Gasteiger partial charge in [0, 0.05) is 0 Å². The van der Waals surface area contributed by atoms with E-state index in [1.165, 1.54) is 5.56 Å². The lowest BCUT2D eigenvalue weighted by Crippen LogP contribution is -2.39. The molecule has 1 unspecified atom stereocenters. The van der Waals surface area contributed by atoms with Crippen LogP contribution in [0, 0.1) is 0 Å². The first-order valence-corrected chi connectivity index (χ1v) is 11.7. The summed E-state index contributed by atoms with van der Waals surface area (Å²) in [6.07, 6.45) is 8.34. The zero-order valence-corrected chi connectivity index (χ0v) is 16.5. The lowest BCUT2D eigenvalue weighted by Gasteiger charge is -2.34. The molecule has 1 rings (SSSR count). The summed E-state index contributed by atoms with van der Waals surface area (Å²) < 4.78 is 5.99.